The van der Waals surface area contributed by atoms with E-state index in [1.54, 1.807) is 12.4 Å². The van der Waals surface area contributed by atoms with Gasteiger partial charge in [0.05, 0.1) is 0 Å². The second-order valence-electron chi connectivity index (χ2n) is 6.29. The molecule has 0 saturated carbocycles. The molecule has 1 saturated heterocycles. The van der Waals surface area contributed by atoms with Crippen LogP contribution in [0.4, 0.5) is 16.4 Å². The van der Waals surface area contributed by atoms with Crippen LogP contribution in [0.1, 0.15) is 11.1 Å². The van der Waals surface area contributed by atoms with Crippen molar-refractivity contribution in [1.29, 1.82) is 0 Å². The first kappa shape index (κ1) is 17.2. The molecule has 0 aromatic carbocycles. The Kier molecular flexibility index (Phi) is 5.45. The Morgan fingerprint density at radius 2 is 1.96 bits per heavy atom. The van der Waals surface area contributed by atoms with Gasteiger partial charge in [0.15, 0.2) is 0 Å². The molecule has 0 radical (unpaired) electrons. The summed E-state index contributed by atoms with van der Waals surface area (Å²) in [5.41, 5.74) is 1.95. The van der Waals surface area contributed by atoms with Crippen molar-refractivity contribution in [3.63, 3.8) is 0 Å². The van der Waals surface area contributed by atoms with Crippen LogP contribution in [-0.4, -0.2) is 54.1 Å². The van der Waals surface area contributed by atoms with Gasteiger partial charge < -0.3 is 15.1 Å². The number of hydrogen-bond donors (Lipinski definition) is 2. The lowest BCUT2D eigenvalue weighted by Crippen LogP contribution is -2.44. The van der Waals surface area contributed by atoms with E-state index in [1.165, 1.54) is 0 Å². The standard InChI is InChI=1S/C18H24N6O/c1-14-4-3-6-20-17(14)22-18(25)21-13-15-5-7-19-16(12-15)24-10-8-23(2)9-11-24/h3-7,12H,8-11,13H2,1-2H3,(H2,20,21,22,25). The molecule has 2 N–H and O–H groups in total. The molecule has 3 rings (SSSR count). The number of aryl methyl sites for hydroxylation is 1. The molecular formula is C18H24N6O. The van der Waals surface area contributed by atoms with Gasteiger partial charge in [-0.2, -0.15) is 0 Å². The first-order chi connectivity index (χ1) is 12.1. The summed E-state index contributed by atoms with van der Waals surface area (Å²) >= 11 is 0. The highest BCUT2D eigenvalue weighted by molar-refractivity contribution is 5.88. The minimum absolute atomic E-state index is 0.264. The van der Waals surface area contributed by atoms with Crippen LogP contribution < -0.4 is 15.5 Å². The highest BCUT2D eigenvalue weighted by atomic mass is 16.2. The summed E-state index contributed by atoms with van der Waals surface area (Å²) < 4.78 is 0. The van der Waals surface area contributed by atoms with Crippen molar-refractivity contribution in [2.45, 2.75) is 13.5 Å². The highest BCUT2D eigenvalue weighted by Crippen LogP contribution is 2.15. The molecule has 7 nitrogen and oxygen atoms in total. The predicted molar refractivity (Wildman–Crippen MR) is 98.8 cm³/mol. The van der Waals surface area contributed by atoms with E-state index in [4.69, 9.17) is 0 Å². The molecule has 2 amide bonds. The molecule has 1 aliphatic heterocycles. The van der Waals surface area contributed by atoms with Crippen LogP contribution in [0.5, 0.6) is 0 Å². The lowest BCUT2D eigenvalue weighted by atomic mass is 10.2. The number of aromatic nitrogens is 2. The van der Waals surface area contributed by atoms with Gasteiger partial charge in [0.1, 0.15) is 11.6 Å². The number of amides is 2. The summed E-state index contributed by atoms with van der Waals surface area (Å²) in [7, 11) is 2.13. The van der Waals surface area contributed by atoms with E-state index in [-0.39, 0.29) is 6.03 Å². The van der Waals surface area contributed by atoms with Crippen LogP contribution >= 0.6 is 0 Å². The van der Waals surface area contributed by atoms with Gasteiger partial charge in [0.2, 0.25) is 0 Å². The van der Waals surface area contributed by atoms with Crippen LogP contribution in [0, 0.1) is 6.92 Å². The van der Waals surface area contributed by atoms with E-state index in [1.807, 2.05) is 31.2 Å². The van der Waals surface area contributed by atoms with Gasteiger partial charge in [0, 0.05) is 45.1 Å². The number of rotatable bonds is 4. The van der Waals surface area contributed by atoms with Crippen LogP contribution in [0.2, 0.25) is 0 Å². The second-order valence-corrected chi connectivity index (χ2v) is 6.29. The maximum atomic E-state index is 12.1. The summed E-state index contributed by atoms with van der Waals surface area (Å²) in [5.74, 6) is 1.54. The van der Waals surface area contributed by atoms with Gasteiger partial charge >= 0.3 is 6.03 Å². The monoisotopic (exact) mass is 340 g/mol. The number of hydrogen-bond acceptors (Lipinski definition) is 5. The quantitative estimate of drug-likeness (QED) is 0.889. The normalized spacial score (nSPS) is 15.0. The lowest BCUT2D eigenvalue weighted by molar-refractivity contribution is 0.251. The van der Waals surface area contributed by atoms with Crippen molar-refractivity contribution in [3.8, 4) is 0 Å². The van der Waals surface area contributed by atoms with Gasteiger partial charge in [-0.15, -0.1) is 0 Å². The third-order valence-corrected chi connectivity index (χ3v) is 4.33. The molecule has 1 fully saturated rings. The lowest BCUT2D eigenvalue weighted by Gasteiger charge is -2.33. The van der Waals surface area contributed by atoms with Gasteiger partial charge in [-0.25, -0.2) is 14.8 Å². The maximum absolute atomic E-state index is 12.1. The van der Waals surface area contributed by atoms with Crippen molar-refractivity contribution in [2.24, 2.45) is 0 Å². The average Bonchev–Trinajstić information content (AvgIpc) is 2.63. The Labute approximate surface area is 148 Å². The molecule has 25 heavy (non-hydrogen) atoms. The summed E-state index contributed by atoms with van der Waals surface area (Å²) in [4.78, 5) is 25.3. The number of nitrogens with one attached hydrogen (secondary N) is 2. The molecule has 132 valence electrons. The zero-order valence-electron chi connectivity index (χ0n) is 14.7. The molecular weight excluding hydrogens is 316 g/mol. The summed E-state index contributed by atoms with van der Waals surface area (Å²) in [6.45, 7) is 6.38. The minimum Gasteiger partial charge on any atom is -0.354 e. The maximum Gasteiger partial charge on any atom is 0.320 e. The van der Waals surface area contributed by atoms with Crippen molar-refractivity contribution in [2.75, 3.05) is 43.4 Å². The van der Waals surface area contributed by atoms with Gasteiger partial charge in [-0.3, -0.25) is 5.32 Å². The van der Waals surface area contributed by atoms with E-state index in [9.17, 15) is 4.79 Å². The van der Waals surface area contributed by atoms with E-state index in [0.717, 1.165) is 43.1 Å². The van der Waals surface area contributed by atoms with E-state index >= 15 is 0 Å². The molecule has 3 heterocycles. The molecule has 2 aromatic heterocycles. The van der Waals surface area contributed by atoms with Crippen molar-refractivity contribution < 1.29 is 4.79 Å². The van der Waals surface area contributed by atoms with Gasteiger partial charge in [0.25, 0.3) is 0 Å². The number of nitrogens with zero attached hydrogens (tertiary/aromatic N) is 4. The molecule has 0 spiro atoms. The van der Waals surface area contributed by atoms with Gasteiger partial charge in [-0.1, -0.05) is 6.07 Å². The summed E-state index contributed by atoms with van der Waals surface area (Å²) in [6, 6.07) is 7.45. The molecule has 0 aliphatic carbocycles. The summed E-state index contributed by atoms with van der Waals surface area (Å²) in [6.07, 6.45) is 3.46. The van der Waals surface area contributed by atoms with Crippen LogP contribution in [0.15, 0.2) is 36.7 Å². The number of likely N-dealkylation sites (N-methyl/N-ethyl adjacent to an activating group) is 1. The second kappa shape index (κ2) is 7.94. The topological polar surface area (TPSA) is 73.4 Å². The van der Waals surface area contributed by atoms with Crippen molar-refractivity contribution in [3.05, 3.63) is 47.8 Å². The Hall–Kier alpha value is -2.67. The number of anilines is 2. The predicted octanol–water partition coefficient (Wildman–Crippen LogP) is 1.86. The Morgan fingerprint density at radius 1 is 1.16 bits per heavy atom. The van der Waals surface area contributed by atoms with Crippen LogP contribution in [0.3, 0.4) is 0 Å². The molecule has 7 heteroatoms. The van der Waals surface area contributed by atoms with Crippen molar-refractivity contribution >= 4 is 17.7 Å². The Balaban J connectivity index is 1.55. The number of urea groups is 1. The zero-order chi connectivity index (χ0) is 17.6. The number of carbonyl (C=O) groups excluding carboxylic acids is 1. The molecule has 0 unspecified atom stereocenters. The number of piperazine rings is 1. The van der Waals surface area contributed by atoms with E-state index in [2.05, 4.69) is 37.4 Å². The minimum atomic E-state index is -0.264. The van der Waals surface area contributed by atoms with Gasteiger partial charge in [-0.05, 0) is 43.3 Å². The SMILES string of the molecule is Cc1cccnc1NC(=O)NCc1ccnc(N2CCN(C)CC2)c1. The number of carbonyl (C=O) groups is 1. The first-order valence-corrected chi connectivity index (χ1v) is 8.47. The molecule has 1 aliphatic rings. The molecule has 2 aromatic rings. The smallest absolute Gasteiger partial charge is 0.320 e. The molecule has 0 atom stereocenters. The fourth-order valence-electron chi connectivity index (χ4n) is 2.73. The Morgan fingerprint density at radius 3 is 2.72 bits per heavy atom. The van der Waals surface area contributed by atoms with Crippen LogP contribution in [0.25, 0.3) is 0 Å². The average molecular weight is 340 g/mol. The third-order valence-electron chi connectivity index (χ3n) is 4.33. The number of pyridine rings is 2. The highest BCUT2D eigenvalue weighted by Gasteiger charge is 2.15. The third kappa shape index (κ3) is 4.67. The fourth-order valence-corrected chi connectivity index (χ4v) is 2.73. The van der Waals surface area contributed by atoms with Crippen LogP contribution in [-0.2, 0) is 6.54 Å². The van der Waals surface area contributed by atoms with E-state index in [0.29, 0.717) is 12.4 Å². The largest absolute Gasteiger partial charge is 0.354 e. The Bertz CT molecular complexity index is 727. The summed E-state index contributed by atoms with van der Waals surface area (Å²) in [5, 5.41) is 5.64. The zero-order valence-corrected chi connectivity index (χ0v) is 14.7. The first-order valence-electron chi connectivity index (χ1n) is 8.47. The van der Waals surface area contributed by atoms with Crippen molar-refractivity contribution in [1.82, 2.24) is 20.2 Å². The molecule has 0 bridgehead atoms. The fraction of sp³-hybridized carbons (Fsp3) is 0.389. The van der Waals surface area contributed by atoms with E-state index < -0.39 is 0 Å².